The number of hydrogen-bond donors (Lipinski definition) is 0. The van der Waals surface area contributed by atoms with Crippen LogP contribution in [-0.4, -0.2) is 17.6 Å². The van der Waals surface area contributed by atoms with Crippen LogP contribution in [-0.2, 0) is 14.9 Å². The van der Waals surface area contributed by atoms with Gasteiger partial charge in [-0.15, -0.1) is 11.3 Å². The predicted molar refractivity (Wildman–Crippen MR) is 71.7 cm³/mol. The number of rotatable bonds is 3. The molecular weight excluding hydrogens is 265 g/mol. The van der Waals surface area contributed by atoms with Crippen molar-refractivity contribution in [2.75, 3.05) is 6.61 Å². The lowest BCUT2D eigenvalue weighted by Crippen LogP contribution is -2.43. The molecule has 3 nitrogen and oxygen atoms in total. The molecule has 1 aliphatic rings. The third kappa shape index (κ3) is 1.92. The molecule has 2 aromatic rings. The Labute approximate surface area is 114 Å². The van der Waals surface area contributed by atoms with E-state index >= 15 is 0 Å². The van der Waals surface area contributed by atoms with Gasteiger partial charge in [0.1, 0.15) is 16.2 Å². The van der Waals surface area contributed by atoms with Gasteiger partial charge in [0.15, 0.2) is 0 Å². The molecule has 0 saturated heterocycles. The zero-order valence-electron chi connectivity index (χ0n) is 10.6. The maximum absolute atomic E-state index is 13.2. The second kappa shape index (κ2) is 4.56. The molecule has 1 heterocycles. The van der Waals surface area contributed by atoms with Crippen LogP contribution in [0.3, 0.4) is 0 Å². The topological polar surface area (TPSA) is 39.2 Å². The van der Waals surface area contributed by atoms with Crippen molar-refractivity contribution in [2.24, 2.45) is 0 Å². The van der Waals surface area contributed by atoms with Crippen molar-refractivity contribution in [3.05, 3.63) is 29.0 Å². The van der Waals surface area contributed by atoms with Crippen LogP contribution in [0, 0.1) is 5.82 Å². The van der Waals surface area contributed by atoms with E-state index in [2.05, 4.69) is 4.98 Å². The standard InChI is InChI=1S/C14H14FNO2S/c1-2-18-13(17)14(6-3-7-14)12-16-10-5-4-9(15)8-11(10)19-12/h4-5,8H,2-3,6-7H2,1H3. The molecule has 3 rings (SSSR count). The van der Waals surface area contributed by atoms with Gasteiger partial charge in [-0.05, 0) is 38.0 Å². The fraction of sp³-hybridized carbons (Fsp3) is 0.429. The first kappa shape index (κ1) is 12.5. The first-order valence-electron chi connectivity index (χ1n) is 6.39. The van der Waals surface area contributed by atoms with Gasteiger partial charge < -0.3 is 4.74 Å². The molecule has 1 fully saturated rings. The van der Waals surface area contributed by atoms with Gasteiger partial charge in [-0.2, -0.15) is 0 Å². The van der Waals surface area contributed by atoms with Crippen LogP contribution in [0.4, 0.5) is 4.39 Å². The van der Waals surface area contributed by atoms with Crippen molar-refractivity contribution in [3.8, 4) is 0 Å². The molecule has 0 spiro atoms. The summed E-state index contributed by atoms with van der Waals surface area (Å²) in [5.74, 6) is -0.470. The Morgan fingerprint density at radius 2 is 2.32 bits per heavy atom. The second-order valence-corrected chi connectivity index (χ2v) is 5.82. The number of carbonyl (C=O) groups excluding carboxylic acids is 1. The van der Waals surface area contributed by atoms with Crippen LogP contribution >= 0.6 is 11.3 Å². The van der Waals surface area contributed by atoms with Gasteiger partial charge in [-0.25, -0.2) is 9.37 Å². The SMILES string of the molecule is CCOC(=O)C1(c2nc3ccc(F)cc3s2)CCC1. The highest BCUT2D eigenvalue weighted by atomic mass is 32.1. The summed E-state index contributed by atoms with van der Waals surface area (Å²) in [4.78, 5) is 16.7. The number of esters is 1. The molecule has 1 aromatic carbocycles. The van der Waals surface area contributed by atoms with Crippen LogP contribution < -0.4 is 0 Å². The number of halogens is 1. The predicted octanol–water partition coefficient (Wildman–Crippen LogP) is 3.42. The highest BCUT2D eigenvalue weighted by Crippen LogP contribution is 2.47. The smallest absolute Gasteiger partial charge is 0.319 e. The normalized spacial score (nSPS) is 17.2. The van der Waals surface area contributed by atoms with E-state index < -0.39 is 5.41 Å². The summed E-state index contributed by atoms with van der Waals surface area (Å²) >= 11 is 1.40. The summed E-state index contributed by atoms with van der Waals surface area (Å²) in [5, 5.41) is 0.762. The summed E-state index contributed by atoms with van der Waals surface area (Å²) in [6.07, 6.45) is 2.55. The highest BCUT2D eigenvalue weighted by molar-refractivity contribution is 7.18. The Morgan fingerprint density at radius 1 is 1.53 bits per heavy atom. The van der Waals surface area contributed by atoms with E-state index in [9.17, 15) is 9.18 Å². The fourth-order valence-corrected chi connectivity index (χ4v) is 3.63. The minimum atomic E-state index is -0.587. The zero-order chi connectivity index (χ0) is 13.5. The Hall–Kier alpha value is -1.49. The number of carbonyl (C=O) groups is 1. The van der Waals surface area contributed by atoms with Crippen molar-refractivity contribution < 1.29 is 13.9 Å². The molecular formula is C14H14FNO2S. The Bertz CT molecular complexity index is 633. The number of ether oxygens (including phenoxy) is 1. The average molecular weight is 279 g/mol. The number of hydrogen-bond acceptors (Lipinski definition) is 4. The Balaban J connectivity index is 2.04. The summed E-state index contributed by atoms with van der Waals surface area (Å²) in [7, 11) is 0. The van der Waals surface area contributed by atoms with Crippen molar-refractivity contribution in [2.45, 2.75) is 31.6 Å². The number of thiazole rings is 1. The van der Waals surface area contributed by atoms with E-state index in [0.717, 1.165) is 34.5 Å². The molecule has 5 heteroatoms. The average Bonchev–Trinajstić information content (AvgIpc) is 2.70. The third-order valence-corrected chi connectivity index (χ3v) is 4.86. The summed E-state index contributed by atoms with van der Waals surface area (Å²) in [5.41, 5.74) is 0.160. The summed E-state index contributed by atoms with van der Waals surface area (Å²) in [6.45, 7) is 2.18. The maximum atomic E-state index is 13.2. The van der Waals surface area contributed by atoms with Crippen LogP contribution in [0.25, 0.3) is 10.2 Å². The van der Waals surface area contributed by atoms with E-state index in [1.54, 1.807) is 13.0 Å². The first-order valence-corrected chi connectivity index (χ1v) is 7.21. The van der Waals surface area contributed by atoms with Crippen LogP contribution in [0.15, 0.2) is 18.2 Å². The lowest BCUT2D eigenvalue weighted by atomic mass is 9.69. The molecule has 0 radical (unpaired) electrons. The molecule has 0 amide bonds. The molecule has 0 bridgehead atoms. The number of aromatic nitrogens is 1. The van der Waals surface area contributed by atoms with Gasteiger partial charge in [0.05, 0.1) is 16.8 Å². The van der Waals surface area contributed by atoms with Gasteiger partial charge >= 0.3 is 5.97 Å². The molecule has 100 valence electrons. The summed E-state index contributed by atoms with van der Waals surface area (Å²) < 4.78 is 19.2. The van der Waals surface area contributed by atoms with Gasteiger partial charge in [0.25, 0.3) is 0 Å². The van der Waals surface area contributed by atoms with Gasteiger partial charge in [-0.3, -0.25) is 4.79 Å². The minimum Gasteiger partial charge on any atom is -0.465 e. The van der Waals surface area contributed by atoms with Gasteiger partial charge in [0.2, 0.25) is 0 Å². The van der Waals surface area contributed by atoms with Crippen LogP contribution in [0.2, 0.25) is 0 Å². The zero-order valence-corrected chi connectivity index (χ0v) is 11.4. The minimum absolute atomic E-state index is 0.194. The van der Waals surface area contributed by atoms with Gasteiger partial charge in [-0.1, -0.05) is 6.42 Å². The summed E-state index contributed by atoms with van der Waals surface area (Å²) in [6, 6.07) is 4.51. The van der Waals surface area contributed by atoms with Crippen molar-refractivity contribution in [3.63, 3.8) is 0 Å². The third-order valence-electron chi connectivity index (χ3n) is 3.63. The fourth-order valence-electron chi connectivity index (χ4n) is 2.41. The van der Waals surface area contributed by atoms with E-state index in [1.807, 2.05) is 0 Å². The number of nitrogens with zero attached hydrogens (tertiary/aromatic N) is 1. The van der Waals surface area contributed by atoms with Crippen molar-refractivity contribution in [1.29, 1.82) is 0 Å². The lowest BCUT2D eigenvalue weighted by molar-refractivity contribution is -0.153. The molecule has 0 aliphatic heterocycles. The lowest BCUT2D eigenvalue weighted by Gasteiger charge is -2.37. The molecule has 1 aromatic heterocycles. The van der Waals surface area contributed by atoms with Crippen LogP contribution in [0.5, 0.6) is 0 Å². The monoisotopic (exact) mass is 279 g/mol. The number of benzene rings is 1. The number of fused-ring (bicyclic) bond motifs is 1. The van der Waals surface area contributed by atoms with Crippen molar-refractivity contribution >= 4 is 27.5 Å². The molecule has 0 N–H and O–H groups in total. The molecule has 1 aliphatic carbocycles. The molecule has 0 atom stereocenters. The van der Waals surface area contributed by atoms with E-state index in [-0.39, 0.29) is 11.8 Å². The second-order valence-electron chi connectivity index (χ2n) is 4.79. The van der Waals surface area contributed by atoms with Gasteiger partial charge in [0, 0.05) is 0 Å². The van der Waals surface area contributed by atoms with Crippen molar-refractivity contribution in [1.82, 2.24) is 4.98 Å². The van der Waals surface area contributed by atoms with E-state index in [0.29, 0.717) is 6.61 Å². The molecule has 19 heavy (non-hydrogen) atoms. The highest BCUT2D eigenvalue weighted by Gasteiger charge is 2.49. The van der Waals surface area contributed by atoms with E-state index in [1.165, 1.54) is 23.5 Å². The maximum Gasteiger partial charge on any atom is 0.319 e. The Morgan fingerprint density at radius 3 is 2.95 bits per heavy atom. The van der Waals surface area contributed by atoms with Crippen LogP contribution in [0.1, 0.15) is 31.2 Å². The quantitative estimate of drug-likeness (QED) is 0.808. The first-order chi connectivity index (χ1) is 9.15. The molecule has 1 saturated carbocycles. The van der Waals surface area contributed by atoms with E-state index in [4.69, 9.17) is 4.74 Å². The molecule has 0 unspecified atom stereocenters. The Kier molecular flexibility index (Phi) is 3.01. The largest absolute Gasteiger partial charge is 0.465 e.